The van der Waals surface area contributed by atoms with Gasteiger partial charge in [0.1, 0.15) is 48.8 Å². The number of ether oxygens (including phenoxy) is 4. The predicted molar refractivity (Wildman–Crippen MR) is 204 cm³/mol. The van der Waals surface area contributed by atoms with Crippen molar-refractivity contribution >= 4 is 0 Å². The summed E-state index contributed by atoms with van der Waals surface area (Å²) in [6.45, 7) is 12.2. The van der Waals surface area contributed by atoms with Gasteiger partial charge in [0.25, 0.3) is 0 Å². The normalized spacial score (nSPS) is 50.6. The molecule has 0 radical (unpaired) electrons. The molecule has 57 heavy (non-hydrogen) atoms. The second-order valence-corrected chi connectivity index (χ2v) is 20.0. The van der Waals surface area contributed by atoms with Gasteiger partial charge >= 0.3 is 0 Å². The Kier molecular flexibility index (Phi) is 14.2. The van der Waals surface area contributed by atoms with E-state index in [2.05, 4.69) is 41.5 Å². The first-order valence-electron chi connectivity index (χ1n) is 21.7. The van der Waals surface area contributed by atoms with E-state index >= 15 is 0 Å². The largest absolute Gasteiger partial charge is 0.394 e. The van der Waals surface area contributed by atoms with Crippen LogP contribution < -0.4 is 0 Å². The number of aliphatic hydroxyl groups excluding tert-OH is 10. The fourth-order valence-corrected chi connectivity index (χ4v) is 13.5. The molecule has 15 heteroatoms. The predicted octanol–water partition coefficient (Wildman–Crippen LogP) is 0.0280. The lowest BCUT2D eigenvalue weighted by atomic mass is 9.42. The van der Waals surface area contributed by atoms with Crippen LogP contribution in [-0.4, -0.2) is 161 Å². The van der Waals surface area contributed by atoms with E-state index < -0.39 is 98.5 Å². The van der Waals surface area contributed by atoms with Crippen molar-refractivity contribution in [3.63, 3.8) is 0 Å². The minimum Gasteiger partial charge on any atom is -0.394 e. The van der Waals surface area contributed by atoms with Gasteiger partial charge in [-0.3, -0.25) is 0 Å². The Balaban J connectivity index is 1.01. The van der Waals surface area contributed by atoms with Gasteiger partial charge in [-0.1, -0.05) is 48.0 Å². The van der Waals surface area contributed by atoms with E-state index in [-0.39, 0.29) is 65.3 Å². The SMILES string of the molecule is CC(C)[C@@H](CCO[C@@H]1O[C@@H](C(O)CO[C@@H]2O[C@@H](C(O)CO)[C@H](O)[C@H]2O)[C@H](O)[C@H]1O)CC[C@@H](C)[C@H]1[C@@H](C)[C@@H](O)C2[C@]3(O)C[C@H](O)C4C[C@@H](O)CC[C@]4(C)C3CC[C@@]21C. The van der Waals surface area contributed by atoms with Crippen molar-refractivity contribution in [2.45, 2.75) is 185 Å². The smallest absolute Gasteiger partial charge is 0.186 e. The Hall–Kier alpha value is -0.600. The third-order valence-corrected chi connectivity index (χ3v) is 16.4. The molecule has 6 rings (SSSR count). The Morgan fingerprint density at radius 1 is 0.737 bits per heavy atom. The molecule has 4 saturated carbocycles. The van der Waals surface area contributed by atoms with E-state index in [9.17, 15) is 51.1 Å². The van der Waals surface area contributed by atoms with Crippen LogP contribution in [0.3, 0.4) is 0 Å². The summed E-state index contributed by atoms with van der Waals surface area (Å²) in [6, 6.07) is 0. The lowest BCUT2D eigenvalue weighted by Crippen LogP contribution is -2.68. The molecule has 6 aliphatic rings. The van der Waals surface area contributed by atoms with Gasteiger partial charge in [0.15, 0.2) is 12.6 Å². The number of hydrogen-bond donors (Lipinski definition) is 11. The van der Waals surface area contributed by atoms with Crippen molar-refractivity contribution in [1.82, 2.24) is 0 Å². The molecule has 6 fully saturated rings. The summed E-state index contributed by atoms with van der Waals surface area (Å²) in [5.41, 5.74) is -1.79. The summed E-state index contributed by atoms with van der Waals surface area (Å²) in [5.74, 6) is 0.494. The topological polar surface area (TPSA) is 259 Å². The fraction of sp³-hybridized carbons (Fsp3) is 1.00. The standard InChI is InChI=1S/C42H74O15/c1-19(2)22(11-14-54-38-33(51)32(50)36(57-38)27(47)18-55-39-34(52)31(49)35(56-39)26(46)17-43)8-7-20(3)29-21(4)30(48)37-41(29,6)13-10-28-40(5)12-9-23(44)15-24(40)25(45)16-42(28,37)53/h19-39,43-53H,7-18H2,1-6H3/t20-,21-,22-,23+,24?,25+,26?,27?,28?,29+,30-,31-,32-,33-,34-,35+,36+,37?,38-,39-,40+,41-,42+/m1/s1. The Morgan fingerprint density at radius 3 is 1.95 bits per heavy atom. The second kappa shape index (κ2) is 17.6. The van der Waals surface area contributed by atoms with Gasteiger partial charge in [-0.25, -0.2) is 0 Å². The van der Waals surface area contributed by atoms with Crippen LogP contribution in [0.1, 0.15) is 99.3 Å². The highest BCUT2D eigenvalue weighted by atomic mass is 16.7. The first-order chi connectivity index (χ1) is 26.7. The minimum absolute atomic E-state index is 0.0333. The van der Waals surface area contributed by atoms with E-state index in [0.29, 0.717) is 25.2 Å². The van der Waals surface area contributed by atoms with E-state index in [1.807, 2.05) is 0 Å². The zero-order valence-electron chi connectivity index (χ0n) is 34.7. The fourth-order valence-electron chi connectivity index (χ4n) is 13.5. The maximum Gasteiger partial charge on any atom is 0.186 e. The maximum atomic E-state index is 12.7. The number of aliphatic hydroxyl groups is 11. The lowest BCUT2D eigenvalue weighted by Gasteiger charge is -2.66. The molecule has 0 amide bonds. The molecule has 5 unspecified atom stereocenters. The van der Waals surface area contributed by atoms with Gasteiger partial charge in [0, 0.05) is 12.3 Å². The van der Waals surface area contributed by atoms with Crippen LogP contribution in [0.2, 0.25) is 0 Å². The van der Waals surface area contributed by atoms with Crippen LogP contribution >= 0.6 is 0 Å². The van der Waals surface area contributed by atoms with E-state index in [0.717, 1.165) is 32.1 Å². The van der Waals surface area contributed by atoms with Gasteiger partial charge in [0.2, 0.25) is 0 Å². The summed E-state index contributed by atoms with van der Waals surface area (Å²) in [5, 5.41) is 118. The van der Waals surface area contributed by atoms with Crippen LogP contribution in [0.5, 0.6) is 0 Å². The Labute approximate surface area is 337 Å². The summed E-state index contributed by atoms with van der Waals surface area (Å²) < 4.78 is 22.4. The van der Waals surface area contributed by atoms with Gasteiger partial charge in [-0.2, -0.15) is 0 Å². The Morgan fingerprint density at radius 2 is 1.33 bits per heavy atom. The highest BCUT2D eigenvalue weighted by Gasteiger charge is 2.72. The first kappa shape index (κ1) is 45.9. The molecule has 332 valence electrons. The zero-order valence-corrected chi connectivity index (χ0v) is 34.7. The van der Waals surface area contributed by atoms with Gasteiger partial charge in [0.05, 0.1) is 43.7 Å². The maximum absolute atomic E-state index is 12.7. The van der Waals surface area contributed by atoms with Crippen molar-refractivity contribution in [2.75, 3.05) is 19.8 Å². The molecular weight excluding hydrogens is 744 g/mol. The van der Waals surface area contributed by atoms with Gasteiger partial charge < -0.3 is 75.1 Å². The molecule has 15 nitrogen and oxygen atoms in total. The molecule has 2 heterocycles. The van der Waals surface area contributed by atoms with E-state index in [4.69, 9.17) is 24.1 Å². The third-order valence-electron chi connectivity index (χ3n) is 16.4. The minimum atomic E-state index is -1.56. The van der Waals surface area contributed by atoms with Crippen LogP contribution in [0, 0.1) is 58.2 Å². The summed E-state index contributed by atoms with van der Waals surface area (Å²) in [7, 11) is 0. The molecule has 0 aromatic heterocycles. The average Bonchev–Trinajstić information content (AvgIpc) is 3.68. The summed E-state index contributed by atoms with van der Waals surface area (Å²) in [6.07, 6.45) is -9.63. The second-order valence-electron chi connectivity index (χ2n) is 20.0. The molecule has 2 saturated heterocycles. The highest BCUT2D eigenvalue weighted by molar-refractivity contribution is 5.21. The zero-order chi connectivity index (χ0) is 41.9. The number of fused-ring (bicyclic) bond motifs is 5. The van der Waals surface area contributed by atoms with Crippen molar-refractivity contribution < 1.29 is 75.1 Å². The summed E-state index contributed by atoms with van der Waals surface area (Å²) >= 11 is 0. The van der Waals surface area contributed by atoms with Crippen molar-refractivity contribution in [3.05, 3.63) is 0 Å². The van der Waals surface area contributed by atoms with Crippen LogP contribution in [0.15, 0.2) is 0 Å². The van der Waals surface area contributed by atoms with Crippen LogP contribution in [-0.2, 0) is 18.9 Å². The molecular formula is C42H74O15. The molecule has 0 aromatic rings. The molecule has 2 aliphatic heterocycles. The quantitative estimate of drug-likeness (QED) is 0.104. The summed E-state index contributed by atoms with van der Waals surface area (Å²) in [4.78, 5) is 0. The molecule has 0 bridgehead atoms. The van der Waals surface area contributed by atoms with Crippen molar-refractivity contribution in [3.8, 4) is 0 Å². The van der Waals surface area contributed by atoms with Crippen molar-refractivity contribution in [1.29, 1.82) is 0 Å². The lowest BCUT2D eigenvalue weighted by molar-refractivity contribution is -0.263. The van der Waals surface area contributed by atoms with Crippen LogP contribution in [0.25, 0.3) is 0 Å². The number of hydrogen-bond acceptors (Lipinski definition) is 15. The van der Waals surface area contributed by atoms with Crippen LogP contribution in [0.4, 0.5) is 0 Å². The van der Waals surface area contributed by atoms with E-state index in [1.54, 1.807) is 0 Å². The monoisotopic (exact) mass is 819 g/mol. The molecule has 23 atom stereocenters. The van der Waals surface area contributed by atoms with Gasteiger partial charge in [-0.15, -0.1) is 0 Å². The third kappa shape index (κ3) is 8.25. The molecule has 11 N–H and O–H groups in total. The molecule has 0 aromatic carbocycles. The van der Waals surface area contributed by atoms with E-state index in [1.165, 1.54) is 0 Å². The molecule has 0 spiro atoms. The average molecular weight is 819 g/mol. The first-order valence-corrected chi connectivity index (χ1v) is 21.7. The van der Waals surface area contributed by atoms with Gasteiger partial charge in [-0.05, 0) is 97.2 Å². The number of rotatable bonds is 15. The van der Waals surface area contributed by atoms with Crippen molar-refractivity contribution in [2.24, 2.45) is 58.2 Å². The highest BCUT2D eigenvalue weighted by Crippen LogP contribution is 2.70. The Bertz CT molecular complexity index is 1330. The molecule has 4 aliphatic carbocycles.